The molecular weight excluding hydrogens is 599 g/mol. The number of aromatic nitrogens is 2. The fraction of sp³-hybridized carbons (Fsp3) is 0.692. The van der Waals surface area contributed by atoms with E-state index in [1.807, 2.05) is 0 Å². The molecular formula is C13HF21N2O. The smallest absolute Gasteiger partial charge is 0.265 e. The number of carbonyl (C=O) groups excluding carboxylic acids is 1. The lowest BCUT2D eigenvalue weighted by atomic mass is 10.0. The summed E-state index contributed by atoms with van der Waals surface area (Å²) < 4.78 is 268. The summed E-state index contributed by atoms with van der Waals surface area (Å²) in [6.45, 7) is 0. The molecule has 0 unspecified atom stereocenters. The second-order valence-electron chi connectivity index (χ2n) is 6.57. The molecule has 0 amide bonds. The van der Waals surface area contributed by atoms with E-state index in [0.29, 0.717) is 0 Å². The van der Waals surface area contributed by atoms with Crippen LogP contribution in [0.25, 0.3) is 0 Å². The Kier molecular flexibility index (Phi) is 7.19. The SMILES string of the molecule is O=C(n1nc(C(F)(F)C(F)(F)C(F)(F)F)cc1C(F)(F)C(F)(F)C(F)(F)F)C(F)(F)C(F)(F)C(F)(F)F. The Balaban J connectivity index is 4.14. The van der Waals surface area contributed by atoms with Gasteiger partial charge in [-0.2, -0.15) is 102 Å². The van der Waals surface area contributed by atoms with Gasteiger partial charge in [-0.15, -0.1) is 0 Å². The molecule has 0 aliphatic heterocycles. The first kappa shape index (κ1) is 32.4. The number of nitrogens with zero attached hydrogens (tertiary/aromatic N) is 2. The molecule has 0 aliphatic rings. The molecule has 0 radical (unpaired) electrons. The van der Waals surface area contributed by atoms with E-state index in [-0.39, 0.29) is 0 Å². The molecule has 0 N–H and O–H groups in total. The van der Waals surface area contributed by atoms with E-state index in [4.69, 9.17) is 0 Å². The average Bonchev–Trinajstić information content (AvgIpc) is 3.10. The van der Waals surface area contributed by atoms with Gasteiger partial charge >= 0.3 is 60.0 Å². The van der Waals surface area contributed by atoms with Gasteiger partial charge in [-0.1, -0.05) is 0 Å². The summed E-state index contributed by atoms with van der Waals surface area (Å²) >= 11 is 0. The summed E-state index contributed by atoms with van der Waals surface area (Å²) in [5.74, 6) is -50.2. The third-order valence-electron chi connectivity index (χ3n) is 4.06. The van der Waals surface area contributed by atoms with Gasteiger partial charge in [0.25, 0.3) is 0 Å². The zero-order valence-corrected chi connectivity index (χ0v) is 15.8. The van der Waals surface area contributed by atoms with Gasteiger partial charge in [-0.3, -0.25) is 4.79 Å². The first-order valence-electron chi connectivity index (χ1n) is 7.87. The standard InChI is InChI=1S/C13HF21N2O/c14-5(15,8(20,21)11(26,27)28)2-1-3(6(16,17)9(22,23)12(29,30)31)36(35-2)4(37)7(18,19)10(24,25)13(32,33)34/h1H. The highest BCUT2D eigenvalue weighted by Gasteiger charge is 2.80. The first-order chi connectivity index (χ1) is 15.7. The number of halogens is 21. The van der Waals surface area contributed by atoms with Crippen LogP contribution in [0.15, 0.2) is 6.07 Å². The molecule has 1 aromatic rings. The zero-order valence-electron chi connectivity index (χ0n) is 15.8. The zero-order chi connectivity index (χ0) is 30.2. The van der Waals surface area contributed by atoms with Gasteiger partial charge in [-0.05, 0) is 6.07 Å². The summed E-state index contributed by atoms with van der Waals surface area (Å²) in [4.78, 5) is 11.4. The number of alkyl halides is 21. The lowest BCUT2D eigenvalue weighted by Gasteiger charge is -2.30. The molecule has 0 aliphatic carbocycles. The van der Waals surface area contributed by atoms with Crippen molar-refractivity contribution in [3.05, 3.63) is 17.5 Å². The van der Waals surface area contributed by atoms with Crippen molar-refractivity contribution < 1.29 is 97.0 Å². The van der Waals surface area contributed by atoms with Crippen LogP contribution in [0.5, 0.6) is 0 Å². The van der Waals surface area contributed by atoms with Gasteiger partial charge in [0.05, 0.1) is 0 Å². The van der Waals surface area contributed by atoms with Crippen molar-refractivity contribution in [3.63, 3.8) is 0 Å². The molecule has 216 valence electrons. The third-order valence-corrected chi connectivity index (χ3v) is 4.06. The Morgan fingerprint density at radius 1 is 0.541 bits per heavy atom. The fourth-order valence-electron chi connectivity index (χ4n) is 2.04. The van der Waals surface area contributed by atoms with Crippen molar-refractivity contribution in [1.82, 2.24) is 9.78 Å². The van der Waals surface area contributed by atoms with E-state index < -0.39 is 82.1 Å². The van der Waals surface area contributed by atoms with Crippen molar-refractivity contribution in [2.45, 2.75) is 54.1 Å². The van der Waals surface area contributed by atoms with Crippen LogP contribution in [-0.2, 0) is 11.8 Å². The van der Waals surface area contributed by atoms with Gasteiger partial charge in [0, 0.05) is 0 Å². The summed E-state index contributed by atoms with van der Waals surface area (Å²) in [6.07, 6.45) is -22.6. The quantitative estimate of drug-likeness (QED) is 0.332. The highest BCUT2D eigenvalue weighted by atomic mass is 19.4. The van der Waals surface area contributed by atoms with Gasteiger partial charge in [-0.25, -0.2) is 0 Å². The highest BCUT2D eigenvalue weighted by molar-refractivity contribution is 5.87. The Morgan fingerprint density at radius 2 is 0.865 bits per heavy atom. The second kappa shape index (κ2) is 8.20. The van der Waals surface area contributed by atoms with E-state index >= 15 is 0 Å². The monoisotopic (exact) mass is 600 g/mol. The molecule has 1 aromatic heterocycles. The minimum absolute atomic E-state index is 1.16. The Bertz CT molecular complexity index is 1020. The van der Waals surface area contributed by atoms with Crippen molar-refractivity contribution >= 4 is 5.91 Å². The van der Waals surface area contributed by atoms with E-state index in [1.165, 1.54) is 0 Å². The van der Waals surface area contributed by atoms with Crippen molar-refractivity contribution in [1.29, 1.82) is 0 Å². The fourth-order valence-corrected chi connectivity index (χ4v) is 2.04. The molecule has 1 rings (SSSR count). The van der Waals surface area contributed by atoms with Crippen LogP contribution in [0, 0.1) is 0 Å². The van der Waals surface area contributed by atoms with Gasteiger partial charge < -0.3 is 0 Å². The topological polar surface area (TPSA) is 34.9 Å². The number of rotatable bonds is 6. The average molecular weight is 600 g/mol. The third kappa shape index (κ3) is 4.52. The predicted molar refractivity (Wildman–Crippen MR) is 68.6 cm³/mol. The van der Waals surface area contributed by atoms with Gasteiger partial charge in [0.15, 0.2) is 0 Å². The summed E-state index contributed by atoms with van der Waals surface area (Å²) in [5.41, 5.74) is -7.99. The number of hydrogen-bond acceptors (Lipinski definition) is 2. The van der Waals surface area contributed by atoms with E-state index in [1.54, 1.807) is 0 Å². The highest BCUT2D eigenvalue weighted by Crippen LogP contribution is 2.56. The van der Waals surface area contributed by atoms with E-state index in [0.717, 1.165) is 5.10 Å². The van der Waals surface area contributed by atoms with Crippen LogP contribution in [0.4, 0.5) is 92.2 Å². The largest absolute Gasteiger partial charge is 0.460 e. The van der Waals surface area contributed by atoms with Crippen LogP contribution in [-0.4, -0.2) is 57.9 Å². The van der Waals surface area contributed by atoms with Gasteiger partial charge in [0.1, 0.15) is 11.4 Å². The molecule has 0 saturated carbocycles. The van der Waals surface area contributed by atoms with Crippen LogP contribution < -0.4 is 0 Å². The minimum Gasteiger partial charge on any atom is -0.265 e. The van der Waals surface area contributed by atoms with Crippen molar-refractivity contribution in [2.75, 3.05) is 0 Å². The second-order valence-corrected chi connectivity index (χ2v) is 6.57. The normalized spacial score (nSPS) is 15.8. The molecule has 0 saturated heterocycles. The van der Waals surface area contributed by atoms with Crippen molar-refractivity contribution in [2.24, 2.45) is 0 Å². The molecule has 0 fully saturated rings. The maximum atomic E-state index is 13.9. The van der Waals surface area contributed by atoms with Crippen LogP contribution in [0.1, 0.15) is 16.2 Å². The molecule has 0 bridgehead atoms. The van der Waals surface area contributed by atoms with Crippen LogP contribution in [0.2, 0.25) is 0 Å². The van der Waals surface area contributed by atoms with Crippen LogP contribution >= 0.6 is 0 Å². The lowest BCUT2D eigenvalue weighted by Crippen LogP contribution is -2.58. The summed E-state index contributed by atoms with van der Waals surface area (Å²) in [5, 5.41) is 1.16. The summed E-state index contributed by atoms with van der Waals surface area (Å²) in [7, 11) is 0. The Labute approximate surface area is 185 Å². The molecule has 0 aromatic carbocycles. The first-order valence-corrected chi connectivity index (χ1v) is 7.87. The van der Waals surface area contributed by atoms with Crippen molar-refractivity contribution in [3.8, 4) is 0 Å². The van der Waals surface area contributed by atoms with Crippen LogP contribution in [0.3, 0.4) is 0 Å². The molecule has 0 atom stereocenters. The van der Waals surface area contributed by atoms with E-state index in [9.17, 15) is 97.0 Å². The molecule has 0 spiro atoms. The molecule has 3 nitrogen and oxygen atoms in total. The lowest BCUT2D eigenvalue weighted by molar-refractivity contribution is -0.361. The Morgan fingerprint density at radius 3 is 1.19 bits per heavy atom. The van der Waals surface area contributed by atoms with Gasteiger partial charge in [0.2, 0.25) is 0 Å². The molecule has 24 heteroatoms. The maximum Gasteiger partial charge on any atom is 0.460 e. The predicted octanol–water partition coefficient (Wildman–Crippen LogP) is 6.94. The Hall–Kier alpha value is -2.59. The minimum atomic E-state index is -7.76. The van der Waals surface area contributed by atoms with E-state index in [2.05, 4.69) is 0 Å². The number of carbonyl (C=O) groups is 1. The maximum absolute atomic E-state index is 13.9. The molecule has 1 heterocycles. The number of hydrogen-bond donors (Lipinski definition) is 0. The molecule has 37 heavy (non-hydrogen) atoms. The summed E-state index contributed by atoms with van der Waals surface area (Å²) in [6, 6.07) is -2.06.